The summed E-state index contributed by atoms with van der Waals surface area (Å²) in [6.45, 7) is 1.69. The molecule has 4 nitrogen and oxygen atoms in total. The monoisotopic (exact) mass is 316 g/mol. The Kier molecular flexibility index (Phi) is 4.44. The van der Waals surface area contributed by atoms with Gasteiger partial charge in [0.2, 0.25) is 0 Å². The van der Waals surface area contributed by atoms with E-state index >= 15 is 0 Å². The van der Waals surface area contributed by atoms with Crippen molar-refractivity contribution in [2.45, 2.75) is 13.0 Å². The number of nitriles is 1. The van der Waals surface area contributed by atoms with E-state index in [-0.39, 0.29) is 5.91 Å². The number of rotatable bonds is 4. The fourth-order valence-electron chi connectivity index (χ4n) is 2.38. The number of amides is 1. The second-order valence-electron chi connectivity index (χ2n) is 5.45. The molecule has 1 N–H and O–H groups in total. The Bertz CT molecular complexity index is 911. The normalized spacial score (nSPS) is 11.5. The molecule has 0 aliphatic carbocycles. The minimum absolute atomic E-state index is 0.227. The first-order chi connectivity index (χ1) is 11.7. The minimum Gasteiger partial charge on any atom is -0.481 e. The topological polar surface area (TPSA) is 62.1 Å². The van der Waals surface area contributed by atoms with Crippen LogP contribution in [-0.2, 0) is 4.79 Å². The maximum atomic E-state index is 12.3. The number of hydrogen-bond donors (Lipinski definition) is 1. The number of fused-ring (bicyclic) bond motifs is 1. The highest BCUT2D eigenvalue weighted by molar-refractivity contribution is 5.96. The van der Waals surface area contributed by atoms with Gasteiger partial charge in [-0.15, -0.1) is 0 Å². The highest BCUT2D eigenvalue weighted by Crippen LogP contribution is 2.19. The zero-order valence-corrected chi connectivity index (χ0v) is 13.2. The lowest BCUT2D eigenvalue weighted by Gasteiger charge is -2.15. The van der Waals surface area contributed by atoms with Crippen LogP contribution in [0.4, 0.5) is 5.69 Å². The molecule has 1 unspecified atom stereocenters. The average molecular weight is 316 g/mol. The van der Waals surface area contributed by atoms with Crippen molar-refractivity contribution in [3.8, 4) is 11.8 Å². The molecule has 0 radical (unpaired) electrons. The van der Waals surface area contributed by atoms with E-state index in [9.17, 15) is 4.79 Å². The third kappa shape index (κ3) is 3.53. The van der Waals surface area contributed by atoms with Crippen LogP contribution in [0.25, 0.3) is 10.8 Å². The Morgan fingerprint density at radius 3 is 2.46 bits per heavy atom. The Morgan fingerprint density at radius 1 is 1.04 bits per heavy atom. The van der Waals surface area contributed by atoms with Gasteiger partial charge >= 0.3 is 0 Å². The number of ether oxygens (including phenoxy) is 1. The Morgan fingerprint density at radius 2 is 1.75 bits per heavy atom. The molecular formula is C20H16N2O2. The molecule has 3 rings (SSSR count). The molecule has 3 aromatic carbocycles. The molecule has 118 valence electrons. The van der Waals surface area contributed by atoms with Crippen molar-refractivity contribution in [2.24, 2.45) is 0 Å². The molecule has 24 heavy (non-hydrogen) atoms. The van der Waals surface area contributed by atoms with Crippen molar-refractivity contribution in [2.75, 3.05) is 5.32 Å². The largest absolute Gasteiger partial charge is 0.481 e. The molecule has 3 aromatic rings. The number of anilines is 1. The standard InChI is InChI=1S/C20H16N2O2/c1-14(24-19-10-6-15(13-21)7-11-19)20(23)22-18-9-8-16-4-2-3-5-17(16)12-18/h2-12,14H,1H3,(H,22,23). The number of nitrogens with zero attached hydrogens (tertiary/aromatic N) is 1. The van der Waals surface area contributed by atoms with Crippen LogP contribution >= 0.6 is 0 Å². The molecule has 0 fully saturated rings. The van der Waals surface area contributed by atoms with Crippen LogP contribution in [-0.4, -0.2) is 12.0 Å². The smallest absolute Gasteiger partial charge is 0.265 e. The molecule has 0 aliphatic heterocycles. The van der Waals surface area contributed by atoms with Crippen molar-refractivity contribution in [3.05, 3.63) is 72.3 Å². The molecule has 1 atom stereocenters. The predicted molar refractivity (Wildman–Crippen MR) is 93.8 cm³/mol. The van der Waals surface area contributed by atoms with E-state index in [4.69, 9.17) is 10.00 Å². The zero-order chi connectivity index (χ0) is 16.9. The van der Waals surface area contributed by atoms with Gasteiger partial charge in [0.05, 0.1) is 11.6 Å². The van der Waals surface area contributed by atoms with Gasteiger partial charge in [-0.1, -0.05) is 30.3 Å². The summed E-state index contributed by atoms with van der Waals surface area (Å²) in [6, 6.07) is 22.5. The molecule has 0 saturated heterocycles. The molecule has 0 bridgehead atoms. The lowest BCUT2D eigenvalue weighted by molar-refractivity contribution is -0.122. The summed E-state index contributed by atoms with van der Waals surface area (Å²) >= 11 is 0. The number of carbonyl (C=O) groups is 1. The van der Waals surface area contributed by atoms with Crippen LogP contribution in [0.1, 0.15) is 12.5 Å². The molecule has 1 amide bonds. The summed E-state index contributed by atoms with van der Waals surface area (Å²) in [4.78, 5) is 12.3. The molecule has 0 heterocycles. The summed E-state index contributed by atoms with van der Waals surface area (Å²) in [5, 5.41) is 13.8. The van der Waals surface area contributed by atoms with Gasteiger partial charge in [0.15, 0.2) is 6.10 Å². The Hall–Kier alpha value is -3.32. The van der Waals surface area contributed by atoms with Crippen LogP contribution in [0.3, 0.4) is 0 Å². The summed E-state index contributed by atoms with van der Waals surface area (Å²) in [5.41, 5.74) is 1.28. The molecule has 0 aromatic heterocycles. The van der Waals surface area contributed by atoms with Crippen molar-refractivity contribution in [1.29, 1.82) is 5.26 Å². The maximum absolute atomic E-state index is 12.3. The van der Waals surface area contributed by atoms with Crippen molar-refractivity contribution in [3.63, 3.8) is 0 Å². The predicted octanol–water partition coefficient (Wildman–Crippen LogP) is 4.12. The number of benzene rings is 3. The summed E-state index contributed by atoms with van der Waals surface area (Å²) < 4.78 is 5.61. The minimum atomic E-state index is -0.649. The van der Waals surface area contributed by atoms with Crippen LogP contribution in [0.5, 0.6) is 5.75 Å². The lowest BCUT2D eigenvalue weighted by Crippen LogP contribution is -2.30. The summed E-state index contributed by atoms with van der Waals surface area (Å²) in [7, 11) is 0. The van der Waals surface area contributed by atoms with Crippen LogP contribution < -0.4 is 10.1 Å². The molecule has 0 saturated carbocycles. The van der Waals surface area contributed by atoms with E-state index in [0.717, 1.165) is 16.5 Å². The SMILES string of the molecule is CC(Oc1ccc(C#N)cc1)C(=O)Nc1ccc2ccccc2c1. The zero-order valence-electron chi connectivity index (χ0n) is 13.2. The van der Waals surface area contributed by atoms with E-state index in [0.29, 0.717) is 11.3 Å². The number of nitrogens with one attached hydrogen (secondary N) is 1. The molecule has 4 heteroatoms. The number of carbonyl (C=O) groups excluding carboxylic acids is 1. The molecule has 0 spiro atoms. The third-order valence-electron chi connectivity index (χ3n) is 3.68. The third-order valence-corrected chi connectivity index (χ3v) is 3.68. The second-order valence-corrected chi connectivity index (χ2v) is 5.45. The van der Waals surface area contributed by atoms with Gasteiger partial charge < -0.3 is 10.1 Å². The fourth-order valence-corrected chi connectivity index (χ4v) is 2.38. The van der Waals surface area contributed by atoms with E-state index in [2.05, 4.69) is 5.32 Å². The first kappa shape index (κ1) is 15.6. The lowest BCUT2D eigenvalue weighted by atomic mass is 10.1. The summed E-state index contributed by atoms with van der Waals surface area (Å²) in [5.74, 6) is 0.324. The number of hydrogen-bond acceptors (Lipinski definition) is 3. The fraction of sp³-hybridized carbons (Fsp3) is 0.100. The molecule has 0 aliphatic rings. The second kappa shape index (κ2) is 6.84. The first-order valence-electron chi connectivity index (χ1n) is 7.62. The van der Waals surface area contributed by atoms with Gasteiger partial charge in [-0.2, -0.15) is 5.26 Å². The van der Waals surface area contributed by atoms with Gasteiger partial charge in [-0.05, 0) is 54.1 Å². The first-order valence-corrected chi connectivity index (χ1v) is 7.62. The van der Waals surface area contributed by atoms with E-state index in [1.54, 1.807) is 31.2 Å². The van der Waals surface area contributed by atoms with Gasteiger partial charge in [0.25, 0.3) is 5.91 Å². The average Bonchev–Trinajstić information content (AvgIpc) is 2.62. The Balaban J connectivity index is 1.67. The highest BCUT2D eigenvalue weighted by atomic mass is 16.5. The summed E-state index contributed by atoms with van der Waals surface area (Å²) in [6.07, 6.45) is -0.649. The van der Waals surface area contributed by atoms with Crippen LogP contribution in [0, 0.1) is 11.3 Å². The van der Waals surface area contributed by atoms with Gasteiger partial charge in [0.1, 0.15) is 5.75 Å². The molecular weight excluding hydrogens is 300 g/mol. The van der Waals surface area contributed by atoms with Crippen LogP contribution in [0.2, 0.25) is 0 Å². The van der Waals surface area contributed by atoms with Gasteiger partial charge in [-0.3, -0.25) is 4.79 Å². The van der Waals surface area contributed by atoms with E-state index in [1.807, 2.05) is 48.5 Å². The maximum Gasteiger partial charge on any atom is 0.265 e. The Labute approximate surface area is 140 Å². The van der Waals surface area contributed by atoms with E-state index < -0.39 is 6.10 Å². The van der Waals surface area contributed by atoms with E-state index in [1.165, 1.54) is 0 Å². The highest BCUT2D eigenvalue weighted by Gasteiger charge is 2.15. The van der Waals surface area contributed by atoms with Crippen molar-refractivity contribution < 1.29 is 9.53 Å². The van der Waals surface area contributed by atoms with Gasteiger partial charge in [0, 0.05) is 5.69 Å². The van der Waals surface area contributed by atoms with Crippen molar-refractivity contribution >= 4 is 22.4 Å². The van der Waals surface area contributed by atoms with Gasteiger partial charge in [-0.25, -0.2) is 0 Å². The van der Waals surface area contributed by atoms with Crippen molar-refractivity contribution in [1.82, 2.24) is 0 Å². The van der Waals surface area contributed by atoms with Crippen LogP contribution in [0.15, 0.2) is 66.7 Å². The quantitative estimate of drug-likeness (QED) is 0.787.